The maximum atomic E-state index is 12.6. The highest BCUT2D eigenvalue weighted by molar-refractivity contribution is 7.99. The average Bonchev–Trinajstić information content (AvgIpc) is 3.20. The SMILES string of the molecule is C=CCn1c(SCC(=O)c2ccc(OC)cc2)nnc1C(C)Oc1ccccc1OC. The molecule has 0 radical (unpaired) electrons. The lowest BCUT2D eigenvalue weighted by atomic mass is 10.1. The van der Waals surface area contributed by atoms with Crippen molar-refractivity contribution in [2.75, 3.05) is 20.0 Å². The van der Waals surface area contributed by atoms with E-state index in [0.29, 0.717) is 40.3 Å². The van der Waals surface area contributed by atoms with Gasteiger partial charge in [-0.1, -0.05) is 30.0 Å². The van der Waals surface area contributed by atoms with Crippen molar-refractivity contribution in [1.82, 2.24) is 14.8 Å². The van der Waals surface area contributed by atoms with Gasteiger partial charge in [0.15, 0.2) is 34.4 Å². The standard InChI is InChI=1S/C23H25N3O4S/c1-5-14-26-22(16(2)30-21-9-7-6-8-20(21)29-4)24-25-23(26)31-15-19(27)17-10-12-18(28-3)13-11-17/h5-13,16H,1,14-15H2,2-4H3. The topological polar surface area (TPSA) is 75.5 Å². The number of allylic oxidation sites excluding steroid dienone is 1. The highest BCUT2D eigenvalue weighted by Crippen LogP contribution is 2.31. The van der Waals surface area contributed by atoms with Crippen molar-refractivity contribution in [3.8, 4) is 17.2 Å². The summed E-state index contributed by atoms with van der Waals surface area (Å²) in [4.78, 5) is 12.6. The Bertz CT molecular complexity index is 1030. The molecule has 0 aliphatic carbocycles. The van der Waals surface area contributed by atoms with Gasteiger partial charge >= 0.3 is 0 Å². The van der Waals surface area contributed by atoms with Crippen LogP contribution < -0.4 is 14.2 Å². The molecule has 1 unspecified atom stereocenters. The third kappa shape index (κ3) is 5.46. The Kier molecular flexibility index (Phi) is 7.72. The van der Waals surface area contributed by atoms with Crippen LogP contribution in [0.3, 0.4) is 0 Å². The Morgan fingerprint density at radius 2 is 1.81 bits per heavy atom. The van der Waals surface area contributed by atoms with Gasteiger partial charge in [0.25, 0.3) is 0 Å². The fourth-order valence-corrected chi connectivity index (χ4v) is 3.81. The van der Waals surface area contributed by atoms with E-state index in [1.807, 2.05) is 35.8 Å². The molecule has 1 heterocycles. The Morgan fingerprint density at radius 1 is 1.10 bits per heavy atom. The van der Waals surface area contributed by atoms with E-state index in [4.69, 9.17) is 14.2 Å². The third-order valence-corrected chi connectivity index (χ3v) is 5.50. The molecule has 0 aliphatic rings. The summed E-state index contributed by atoms with van der Waals surface area (Å²) in [7, 11) is 3.19. The van der Waals surface area contributed by atoms with Gasteiger partial charge in [-0.2, -0.15) is 0 Å². The molecule has 2 aromatic carbocycles. The molecular formula is C23H25N3O4S. The molecule has 1 atom stereocenters. The van der Waals surface area contributed by atoms with Gasteiger partial charge in [0, 0.05) is 12.1 Å². The number of nitrogens with zero attached hydrogens (tertiary/aromatic N) is 3. The van der Waals surface area contributed by atoms with Crippen LogP contribution in [0.15, 0.2) is 66.3 Å². The Morgan fingerprint density at radius 3 is 2.45 bits per heavy atom. The second kappa shape index (κ2) is 10.7. The number of rotatable bonds is 11. The Hall–Kier alpha value is -3.26. The van der Waals surface area contributed by atoms with Crippen LogP contribution in [-0.2, 0) is 6.54 Å². The first-order chi connectivity index (χ1) is 15.1. The highest BCUT2D eigenvalue weighted by Gasteiger charge is 2.21. The molecular weight excluding hydrogens is 414 g/mol. The largest absolute Gasteiger partial charge is 0.497 e. The van der Waals surface area contributed by atoms with E-state index in [1.165, 1.54) is 11.8 Å². The number of ketones is 1. The van der Waals surface area contributed by atoms with E-state index in [9.17, 15) is 4.79 Å². The second-order valence-electron chi connectivity index (χ2n) is 6.59. The van der Waals surface area contributed by atoms with Gasteiger partial charge in [0.1, 0.15) is 5.75 Å². The predicted molar refractivity (Wildman–Crippen MR) is 120 cm³/mol. The fraction of sp³-hybridized carbons (Fsp3) is 0.261. The van der Waals surface area contributed by atoms with Crippen LogP contribution in [0.25, 0.3) is 0 Å². The number of aromatic nitrogens is 3. The summed E-state index contributed by atoms with van der Waals surface area (Å²) >= 11 is 1.33. The minimum atomic E-state index is -0.379. The first-order valence-corrected chi connectivity index (χ1v) is 10.7. The minimum absolute atomic E-state index is 0.000626. The van der Waals surface area contributed by atoms with Crippen molar-refractivity contribution in [2.24, 2.45) is 0 Å². The Labute approximate surface area is 186 Å². The predicted octanol–water partition coefficient (Wildman–Crippen LogP) is 4.60. The normalized spacial score (nSPS) is 11.6. The minimum Gasteiger partial charge on any atom is -0.497 e. The van der Waals surface area contributed by atoms with Crippen molar-refractivity contribution in [1.29, 1.82) is 0 Å². The monoisotopic (exact) mass is 439 g/mol. The number of para-hydroxylation sites is 2. The molecule has 0 amide bonds. The molecule has 162 valence electrons. The number of ether oxygens (including phenoxy) is 3. The summed E-state index contributed by atoms with van der Waals surface area (Å²) < 4.78 is 18.5. The number of Topliss-reactive ketones (excluding diaryl/α,β-unsaturated/α-hetero) is 1. The molecule has 7 nitrogen and oxygen atoms in total. The summed E-state index contributed by atoms with van der Waals surface area (Å²) in [5.41, 5.74) is 0.621. The van der Waals surface area contributed by atoms with Gasteiger partial charge < -0.3 is 14.2 Å². The quantitative estimate of drug-likeness (QED) is 0.246. The van der Waals surface area contributed by atoms with Crippen LogP contribution in [0.2, 0.25) is 0 Å². The van der Waals surface area contributed by atoms with Crippen molar-refractivity contribution in [2.45, 2.75) is 24.7 Å². The lowest BCUT2D eigenvalue weighted by Crippen LogP contribution is -2.13. The smallest absolute Gasteiger partial charge is 0.192 e. The molecule has 3 rings (SSSR count). The van der Waals surface area contributed by atoms with E-state index < -0.39 is 0 Å². The molecule has 0 saturated carbocycles. The van der Waals surface area contributed by atoms with Crippen molar-refractivity contribution >= 4 is 17.5 Å². The van der Waals surface area contributed by atoms with E-state index in [-0.39, 0.29) is 17.6 Å². The third-order valence-electron chi connectivity index (χ3n) is 4.54. The number of thioether (sulfide) groups is 1. The maximum Gasteiger partial charge on any atom is 0.192 e. The maximum absolute atomic E-state index is 12.6. The zero-order valence-corrected chi connectivity index (χ0v) is 18.6. The summed E-state index contributed by atoms with van der Waals surface area (Å²) in [5, 5.41) is 9.22. The molecule has 0 saturated heterocycles. The number of carbonyl (C=O) groups excluding carboxylic acids is 1. The van der Waals surface area contributed by atoms with Crippen molar-refractivity contribution < 1.29 is 19.0 Å². The van der Waals surface area contributed by atoms with Gasteiger partial charge in [0.2, 0.25) is 0 Å². The summed E-state index contributed by atoms with van der Waals surface area (Å²) in [6.45, 7) is 6.22. The summed E-state index contributed by atoms with van der Waals surface area (Å²) in [6.07, 6.45) is 1.38. The molecule has 0 fully saturated rings. The zero-order chi connectivity index (χ0) is 22.2. The van der Waals surface area contributed by atoms with Crippen LogP contribution in [0, 0.1) is 0 Å². The van der Waals surface area contributed by atoms with Crippen LogP contribution >= 0.6 is 11.8 Å². The molecule has 31 heavy (non-hydrogen) atoms. The van der Waals surface area contributed by atoms with Crippen molar-refractivity contribution in [3.63, 3.8) is 0 Å². The lowest BCUT2D eigenvalue weighted by Gasteiger charge is -2.17. The van der Waals surface area contributed by atoms with Crippen LogP contribution in [0.1, 0.15) is 29.2 Å². The highest BCUT2D eigenvalue weighted by atomic mass is 32.2. The molecule has 0 spiro atoms. The van der Waals surface area contributed by atoms with E-state index >= 15 is 0 Å². The summed E-state index contributed by atoms with van der Waals surface area (Å²) in [5.74, 6) is 2.86. The number of benzene rings is 2. The second-order valence-corrected chi connectivity index (χ2v) is 7.53. The first-order valence-electron chi connectivity index (χ1n) is 9.71. The zero-order valence-electron chi connectivity index (χ0n) is 17.8. The molecule has 3 aromatic rings. The first kappa shape index (κ1) is 22.4. The van der Waals surface area contributed by atoms with E-state index in [2.05, 4.69) is 16.8 Å². The molecule has 1 aromatic heterocycles. The van der Waals surface area contributed by atoms with Gasteiger partial charge in [0.05, 0.1) is 20.0 Å². The molecule has 8 heteroatoms. The summed E-state index contributed by atoms with van der Waals surface area (Å²) in [6, 6.07) is 14.5. The van der Waals surface area contributed by atoms with Gasteiger partial charge in [-0.3, -0.25) is 9.36 Å². The van der Waals surface area contributed by atoms with E-state index in [1.54, 1.807) is 44.6 Å². The number of hydrogen-bond donors (Lipinski definition) is 0. The van der Waals surface area contributed by atoms with Crippen molar-refractivity contribution in [3.05, 3.63) is 72.6 Å². The molecule has 0 N–H and O–H groups in total. The van der Waals surface area contributed by atoms with Gasteiger partial charge in [-0.15, -0.1) is 16.8 Å². The van der Waals surface area contributed by atoms with Gasteiger partial charge in [-0.05, 0) is 43.3 Å². The number of hydrogen-bond acceptors (Lipinski definition) is 7. The molecule has 0 aliphatic heterocycles. The number of methoxy groups -OCH3 is 2. The van der Waals surface area contributed by atoms with Crippen LogP contribution in [-0.4, -0.2) is 40.5 Å². The number of carbonyl (C=O) groups is 1. The van der Waals surface area contributed by atoms with E-state index in [0.717, 1.165) is 0 Å². The average molecular weight is 440 g/mol. The fourth-order valence-electron chi connectivity index (χ4n) is 2.96. The Balaban J connectivity index is 1.73. The molecule has 0 bridgehead atoms. The van der Waals surface area contributed by atoms with Gasteiger partial charge in [-0.25, -0.2) is 0 Å². The van der Waals surface area contributed by atoms with Crippen LogP contribution in [0.4, 0.5) is 0 Å². The van der Waals surface area contributed by atoms with Crippen LogP contribution in [0.5, 0.6) is 17.2 Å². The lowest BCUT2D eigenvalue weighted by molar-refractivity contribution is 0.102.